The maximum Gasteiger partial charge on any atom is 0.407 e. The zero-order chi connectivity index (χ0) is 26.6. The molecular weight excluding hydrogens is 482 g/mol. The molecule has 1 aliphatic carbocycles. The fourth-order valence-corrected chi connectivity index (χ4v) is 3.70. The van der Waals surface area contributed by atoms with E-state index in [0.29, 0.717) is 65.6 Å². The lowest BCUT2D eigenvalue weighted by atomic mass is 10.0. The van der Waals surface area contributed by atoms with Crippen LogP contribution in [-0.4, -0.2) is 94.1 Å². The first-order chi connectivity index (χ1) is 18.1. The summed E-state index contributed by atoms with van der Waals surface area (Å²) in [5.74, 6) is -0.982. The van der Waals surface area contributed by atoms with Crippen LogP contribution in [-0.2, 0) is 33.3 Å². The van der Waals surface area contributed by atoms with Crippen LogP contribution >= 0.6 is 0 Å². The van der Waals surface area contributed by atoms with Crippen LogP contribution in [0, 0.1) is 0 Å². The summed E-state index contributed by atoms with van der Waals surface area (Å²) in [6, 6.07) is 0. The van der Waals surface area contributed by atoms with Crippen molar-refractivity contribution < 1.29 is 38.1 Å². The van der Waals surface area contributed by atoms with Crippen molar-refractivity contribution in [2.75, 3.05) is 59.3 Å². The van der Waals surface area contributed by atoms with Crippen molar-refractivity contribution in [3.8, 4) is 0 Å². The molecule has 2 N–H and O–H groups in total. The quantitative estimate of drug-likeness (QED) is 0.158. The number of imide groups is 1. The minimum atomic E-state index is -0.385. The highest BCUT2D eigenvalue weighted by Crippen LogP contribution is 2.15. The van der Waals surface area contributed by atoms with E-state index in [1.165, 1.54) is 12.2 Å². The van der Waals surface area contributed by atoms with E-state index in [1.54, 1.807) is 0 Å². The maximum absolute atomic E-state index is 11.9. The van der Waals surface area contributed by atoms with Crippen molar-refractivity contribution in [3.05, 3.63) is 24.3 Å². The Hall–Kier alpha value is -2.76. The number of hydrogen-bond acceptors (Lipinski definition) is 8. The van der Waals surface area contributed by atoms with Crippen molar-refractivity contribution in [1.29, 1.82) is 0 Å². The van der Waals surface area contributed by atoms with Gasteiger partial charge in [-0.05, 0) is 44.9 Å². The highest BCUT2D eigenvalue weighted by molar-refractivity contribution is 6.13. The molecule has 0 spiro atoms. The van der Waals surface area contributed by atoms with Crippen LogP contribution in [0.5, 0.6) is 0 Å². The van der Waals surface area contributed by atoms with Crippen molar-refractivity contribution in [2.24, 2.45) is 0 Å². The van der Waals surface area contributed by atoms with Gasteiger partial charge in [0.1, 0.15) is 6.10 Å². The monoisotopic (exact) mass is 523 g/mol. The summed E-state index contributed by atoms with van der Waals surface area (Å²) in [7, 11) is 0. The zero-order valence-corrected chi connectivity index (χ0v) is 21.6. The molecule has 1 aliphatic heterocycles. The Labute approximate surface area is 218 Å². The molecule has 1 heterocycles. The van der Waals surface area contributed by atoms with E-state index in [2.05, 4.69) is 22.8 Å². The summed E-state index contributed by atoms with van der Waals surface area (Å²) < 4.78 is 21.9. The van der Waals surface area contributed by atoms with Crippen molar-refractivity contribution in [1.82, 2.24) is 15.5 Å². The molecule has 0 bridgehead atoms. The van der Waals surface area contributed by atoms with Crippen molar-refractivity contribution >= 4 is 23.8 Å². The van der Waals surface area contributed by atoms with Crippen LogP contribution in [0.1, 0.15) is 51.4 Å². The molecule has 11 heteroatoms. The van der Waals surface area contributed by atoms with Crippen LogP contribution in [0.2, 0.25) is 0 Å². The number of amides is 4. The number of hydrogen-bond donors (Lipinski definition) is 2. The van der Waals surface area contributed by atoms with Crippen LogP contribution in [0.25, 0.3) is 0 Å². The normalized spacial score (nSPS) is 18.4. The molecule has 2 aliphatic rings. The molecule has 208 valence electrons. The summed E-state index contributed by atoms with van der Waals surface area (Å²) in [5, 5.41) is 5.51. The Morgan fingerprint density at radius 2 is 1.41 bits per heavy atom. The summed E-state index contributed by atoms with van der Waals surface area (Å²) in [6.45, 7) is 3.89. The van der Waals surface area contributed by atoms with E-state index in [4.69, 9.17) is 18.9 Å². The predicted molar refractivity (Wildman–Crippen MR) is 136 cm³/mol. The van der Waals surface area contributed by atoms with E-state index in [0.717, 1.165) is 37.0 Å². The van der Waals surface area contributed by atoms with E-state index in [-0.39, 0.29) is 42.9 Å². The molecule has 0 aromatic rings. The van der Waals surface area contributed by atoms with Crippen LogP contribution < -0.4 is 10.6 Å². The molecule has 0 saturated heterocycles. The molecular formula is C26H41N3O8. The average Bonchev–Trinajstić information content (AvgIpc) is 3.18. The SMILES string of the molecule is O=C(CCN1C(=O)C=CC1=O)NCCCOCCOCCOCCCNC(=O)OC1CC/C=C/CCC1. The summed E-state index contributed by atoms with van der Waals surface area (Å²) in [5.41, 5.74) is 0. The van der Waals surface area contributed by atoms with Gasteiger partial charge in [0.2, 0.25) is 5.91 Å². The number of carbonyl (C=O) groups excluding carboxylic acids is 4. The topological polar surface area (TPSA) is 132 Å². The van der Waals surface area contributed by atoms with Gasteiger partial charge in [0.05, 0.1) is 26.4 Å². The second-order valence-electron chi connectivity index (χ2n) is 8.74. The summed E-state index contributed by atoms with van der Waals surface area (Å²) in [4.78, 5) is 47.5. The second-order valence-corrected chi connectivity index (χ2v) is 8.74. The first-order valence-electron chi connectivity index (χ1n) is 13.2. The van der Waals surface area contributed by atoms with Gasteiger partial charge in [0.15, 0.2) is 0 Å². The smallest absolute Gasteiger partial charge is 0.407 e. The van der Waals surface area contributed by atoms with E-state index >= 15 is 0 Å². The average molecular weight is 524 g/mol. The van der Waals surface area contributed by atoms with Crippen LogP contribution in [0.3, 0.4) is 0 Å². The van der Waals surface area contributed by atoms with Crippen molar-refractivity contribution in [2.45, 2.75) is 57.5 Å². The third-order valence-corrected chi connectivity index (χ3v) is 5.72. The fourth-order valence-electron chi connectivity index (χ4n) is 3.70. The first kappa shape index (κ1) is 30.5. The highest BCUT2D eigenvalue weighted by atomic mass is 16.6. The van der Waals surface area contributed by atoms with E-state index in [9.17, 15) is 19.2 Å². The minimum Gasteiger partial charge on any atom is -0.446 e. The molecule has 0 radical (unpaired) electrons. The minimum absolute atomic E-state index is 0.00104. The van der Waals surface area contributed by atoms with Gasteiger partial charge in [0, 0.05) is 51.4 Å². The predicted octanol–water partition coefficient (Wildman–Crippen LogP) is 1.86. The first-order valence-corrected chi connectivity index (χ1v) is 13.2. The van der Waals surface area contributed by atoms with E-state index in [1.807, 2.05) is 0 Å². The molecule has 11 nitrogen and oxygen atoms in total. The van der Waals surface area contributed by atoms with Gasteiger partial charge in [-0.3, -0.25) is 19.3 Å². The van der Waals surface area contributed by atoms with Gasteiger partial charge in [-0.25, -0.2) is 4.79 Å². The third kappa shape index (κ3) is 14.5. The van der Waals surface area contributed by atoms with Gasteiger partial charge in [-0.2, -0.15) is 0 Å². The number of alkyl carbamates (subject to hydrolysis) is 1. The molecule has 1 unspecified atom stereocenters. The molecule has 0 saturated carbocycles. The standard InChI is InChI=1S/C26H41N3O8/c30-23(12-15-29-24(31)10-11-25(29)32)27-13-6-16-34-18-20-36-21-19-35-17-7-14-28-26(33)37-22-8-4-2-1-3-5-9-22/h1-2,10-11,22H,3-9,12-21H2,(H,27,30)(H,28,33)/b2-1+. The number of rotatable bonds is 18. The number of ether oxygens (including phenoxy) is 4. The van der Waals surface area contributed by atoms with Crippen LogP contribution in [0.15, 0.2) is 24.3 Å². The molecule has 37 heavy (non-hydrogen) atoms. The summed E-state index contributed by atoms with van der Waals surface area (Å²) >= 11 is 0. The lowest BCUT2D eigenvalue weighted by molar-refractivity contribution is -0.137. The highest BCUT2D eigenvalue weighted by Gasteiger charge is 2.23. The molecule has 1 atom stereocenters. The van der Waals surface area contributed by atoms with Gasteiger partial charge in [-0.15, -0.1) is 0 Å². The third-order valence-electron chi connectivity index (χ3n) is 5.72. The van der Waals surface area contributed by atoms with Gasteiger partial charge < -0.3 is 29.6 Å². The van der Waals surface area contributed by atoms with Gasteiger partial charge in [0.25, 0.3) is 11.8 Å². The number of nitrogens with zero attached hydrogens (tertiary/aromatic N) is 1. The number of carbonyl (C=O) groups is 4. The zero-order valence-electron chi connectivity index (χ0n) is 21.6. The Kier molecular flexibility index (Phi) is 15.9. The number of allylic oxidation sites excluding steroid dienone is 2. The molecule has 2 rings (SSSR count). The fraction of sp³-hybridized carbons (Fsp3) is 0.692. The Morgan fingerprint density at radius 3 is 2.08 bits per heavy atom. The van der Waals surface area contributed by atoms with Crippen LogP contribution in [0.4, 0.5) is 4.79 Å². The molecule has 4 amide bonds. The molecule has 0 fully saturated rings. The van der Waals surface area contributed by atoms with Gasteiger partial charge in [-0.1, -0.05) is 12.2 Å². The lowest BCUT2D eigenvalue weighted by Gasteiger charge is -2.18. The molecule has 0 aromatic carbocycles. The molecule has 0 aromatic heterocycles. The van der Waals surface area contributed by atoms with E-state index < -0.39 is 0 Å². The second kappa shape index (κ2) is 19.4. The van der Waals surface area contributed by atoms with Crippen molar-refractivity contribution in [3.63, 3.8) is 0 Å². The lowest BCUT2D eigenvalue weighted by Crippen LogP contribution is -2.35. The largest absolute Gasteiger partial charge is 0.446 e. The summed E-state index contributed by atoms with van der Waals surface area (Å²) in [6.07, 6.45) is 12.7. The maximum atomic E-state index is 11.9. The Balaban J connectivity index is 1.28. The number of nitrogens with one attached hydrogen (secondary N) is 2. The van der Waals surface area contributed by atoms with Gasteiger partial charge >= 0.3 is 6.09 Å². The Bertz CT molecular complexity index is 753. The Morgan fingerprint density at radius 1 is 0.811 bits per heavy atom.